The summed E-state index contributed by atoms with van der Waals surface area (Å²) in [6.07, 6.45) is 0.124. The number of carbonyl (C=O) groups is 1. The van der Waals surface area contributed by atoms with Crippen LogP contribution in [0.25, 0.3) is 0 Å². The highest BCUT2D eigenvalue weighted by molar-refractivity contribution is 7.15. The zero-order valence-corrected chi connectivity index (χ0v) is 19.6. The highest BCUT2D eigenvalue weighted by Crippen LogP contribution is 2.36. The second-order valence-electron chi connectivity index (χ2n) is 8.74. The summed E-state index contributed by atoms with van der Waals surface area (Å²) in [6, 6.07) is 6.33. The van der Waals surface area contributed by atoms with E-state index in [2.05, 4.69) is 61.1 Å². The molecule has 0 aliphatic rings. The molecular weight excluding hydrogens is 382 g/mol. The predicted molar refractivity (Wildman–Crippen MR) is 124 cm³/mol. The molecule has 0 bridgehead atoms. The van der Waals surface area contributed by atoms with E-state index in [1.807, 2.05) is 20.8 Å². The molecule has 1 heterocycles. The number of hydrogen-bond donors (Lipinski definition) is 2. The summed E-state index contributed by atoms with van der Waals surface area (Å²) in [7, 11) is 0. The van der Waals surface area contributed by atoms with Crippen molar-refractivity contribution in [3.8, 4) is 0 Å². The number of carboxylic acids is 1. The lowest BCUT2D eigenvalue weighted by atomic mass is 9.96. The third kappa shape index (κ3) is 6.74. The first kappa shape index (κ1) is 23.2. The van der Waals surface area contributed by atoms with Gasteiger partial charge in [0, 0.05) is 13.1 Å². The molecule has 29 heavy (non-hydrogen) atoms. The molecule has 2 N–H and O–H groups in total. The number of aryl methyl sites for hydroxylation is 2. The Hall–Kier alpha value is -2.08. The predicted octanol–water partition coefficient (Wildman–Crippen LogP) is 6.20. The molecule has 0 aliphatic carbocycles. The van der Waals surface area contributed by atoms with E-state index in [4.69, 9.17) is 0 Å². The van der Waals surface area contributed by atoms with Crippen LogP contribution in [-0.4, -0.2) is 29.1 Å². The van der Waals surface area contributed by atoms with Crippen LogP contribution in [0, 0.1) is 25.7 Å². The normalized spacial score (nSPS) is 12.4. The maximum Gasteiger partial charge on any atom is 0.303 e. The first-order valence-corrected chi connectivity index (χ1v) is 11.2. The highest BCUT2D eigenvalue weighted by Gasteiger charge is 2.19. The quantitative estimate of drug-likeness (QED) is 0.482. The lowest BCUT2D eigenvalue weighted by Gasteiger charge is -2.31. The number of aliphatic carboxylic acids is 1. The molecule has 6 heteroatoms. The number of rotatable bonds is 10. The highest BCUT2D eigenvalue weighted by atomic mass is 32.1. The van der Waals surface area contributed by atoms with Gasteiger partial charge in [0.15, 0.2) is 0 Å². The number of hydrogen-bond acceptors (Lipinski definition) is 5. The lowest BCUT2D eigenvalue weighted by molar-refractivity contribution is -0.137. The summed E-state index contributed by atoms with van der Waals surface area (Å²) >= 11 is 1.65. The van der Waals surface area contributed by atoms with Crippen molar-refractivity contribution < 1.29 is 9.90 Å². The summed E-state index contributed by atoms with van der Waals surface area (Å²) in [4.78, 5) is 18.2. The van der Waals surface area contributed by atoms with Crippen LogP contribution in [0.15, 0.2) is 18.2 Å². The number of aromatic nitrogens is 1. The number of anilines is 3. The minimum absolute atomic E-state index is 0.0463. The van der Waals surface area contributed by atoms with Gasteiger partial charge in [-0.3, -0.25) is 4.79 Å². The summed E-state index contributed by atoms with van der Waals surface area (Å²) in [5.41, 5.74) is 4.20. The summed E-state index contributed by atoms with van der Waals surface area (Å²) in [6.45, 7) is 16.9. The average Bonchev–Trinajstić information content (AvgIpc) is 2.90. The molecule has 5 nitrogen and oxygen atoms in total. The molecule has 1 aromatic heterocycles. The van der Waals surface area contributed by atoms with Gasteiger partial charge in [0.25, 0.3) is 0 Å². The van der Waals surface area contributed by atoms with Crippen molar-refractivity contribution in [3.63, 3.8) is 0 Å². The fraction of sp³-hybridized carbons (Fsp3) is 0.565. The monoisotopic (exact) mass is 417 g/mol. The molecule has 1 unspecified atom stereocenters. The van der Waals surface area contributed by atoms with Crippen LogP contribution in [0.2, 0.25) is 0 Å². The molecule has 0 saturated heterocycles. The Bertz CT molecular complexity index is 820. The van der Waals surface area contributed by atoms with Gasteiger partial charge in [-0.2, -0.15) is 0 Å². The van der Waals surface area contributed by atoms with Crippen LogP contribution >= 0.6 is 11.3 Å². The van der Waals surface area contributed by atoms with E-state index in [0.717, 1.165) is 45.7 Å². The van der Waals surface area contributed by atoms with Gasteiger partial charge in [0.1, 0.15) is 5.00 Å². The number of nitrogens with zero attached hydrogens (tertiary/aromatic N) is 2. The molecule has 160 valence electrons. The summed E-state index contributed by atoms with van der Waals surface area (Å²) in [5, 5.41) is 14.9. The first-order valence-electron chi connectivity index (χ1n) is 10.4. The summed E-state index contributed by atoms with van der Waals surface area (Å²) < 4.78 is 0. The topological polar surface area (TPSA) is 65.5 Å². The van der Waals surface area contributed by atoms with Gasteiger partial charge in [-0.1, -0.05) is 40.7 Å². The van der Waals surface area contributed by atoms with Gasteiger partial charge in [0.05, 0.1) is 28.5 Å². The zero-order chi connectivity index (χ0) is 21.7. The van der Waals surface area contributed by atoms with E-state index in [-0.39, 0.29) is 12.3 Å². The first-order chi connectivity index (χ1) is 13.6. The van der Waals surface area contributed by atoms with Crippen molar-refractivity contribution in [2.24, 2.45) is 11.8 Å². The Labute approximate surface area is 179 Å². The van der Waals surface area contributed by atoms with Crippen molar-refractivity contribution in [1.82, 2.24) is 4.98 Å². The molecule has 0 amide bonds. The molecule has 0 spiro atoms. The van der Waals surface area contributed by atoms with Crippen molar-refractivity contribution in [3.05, 3.63) is 34.5 Å². The van der Waals surface area contributed by atoms with Crippen molar-refractivity contribution in [2.75, 3.05) is 23.3 Å². The Morgan fingerprint density at radius 2 is 1.76 bits per heavy atom. The van der Waals surface area contributed by atoms with Gasteiger partial charge in [-0.25, -0.2) is 4.98 Å². The number of carboxylic acid groups (broad SMARTS) is 1. The lowest BCUT2D eigenvalue weighted by Crippen LogP contribution is -2.31. The third-order valence-corrected chi connectivity index (χ3v) is 5.72. The Kier molecular flexibility index (Phi) is 8.08. The van der Waals surface area contributed by atoms with E-state index < -0.39 is 5.97 Å². The molecule has 2 rings (SSSR count). The molecule has 2 aromatic rings. The van der Waals surface area contributed by atoms with Crippen LogP contribution in [0.5, 0.6) is 0 Å². The van der Waals surface area contributed by atoms with Crippen LogP contribution in [0.4, 0.5) is 16.4 Å². The average molecular weight is 418 g/mol. The molecule has 1 atom stereocenters. The van der Waals surface area contributed by atoms with Crippen molar-refractivity contribution in [2.45, 2.75) is 60.8 Å². The van der Waals surface area contributed by atoms with Gasteiger partial charge in [0.2, 0.25) is 0 Å². The minimum Gasteiger partial charge on any atom is -0.481 e. The second-order valence-corrected chi connectivity index (χ2v) is 9.94. The fourth-order valence-electron chi connectivity index (χ4n) is 3.54. The van der Waals surface area contributed by atoms with E-state index in [9.17, 15) is 9.90 Å². The smallest absolute Gasteiger partial charge is 0.303 e. The van der Waals surface area contributed by atoms with E-state index >= 15 is 0 Å². The van der Waals surface area contributed by atoms with Crippen molar-refractivity contribution >= 4 is 33.7 Å². The standard InChI is InChI=1S/C23H35N3O2S/c1-14(2)12-26(13-15(3)4)21-9-8-19(16(5)10-22(27)28)11-20(21)25-23-17(6)24-18(7)29-23/h8-9,11,14-16,25H,10,12-13H2,1-7H3,(H,27,28). The van der Waals surface area contributed by atoms with Crippen molar-refractivity contribution in [1.29, 1.82) is 0 Å². The molecule has 0 aliphatic heterocycles. The van der Waals surface area contributed by atoms with Crippen LogP contribution in [0.1, 0.15) is 63.2 Å². The van der Waals surface area contributed by atoms with Gasteiger partial charge < -0.3 is 15.3 Å². The molecular formula is C23H35N3O2S. The van der Waals surface area contributed by atoms with Gasteiger partial charge in [-0.05, 0) is 49.3 Å². The SMILES string of the molecule is Cc1nc(C)c(Nc2cc(C(C)CC(=O)O)ccc2N(CC(C)C)CC(C)C)s1. The van der Waals surface area contributed by atoms with E-state index in [1.54, 1.807) is 11.3 Å². The Morgan fingerprint density at radius 3 is 2.24 bits per heavy atom. The Morgan fingerprint density at radius 1 is 1.14 bits per heavy atom. The van der Waals surface area contributed by atoms with Crippen LogP contribution in [0.3, 0.4) is 0 Å². The fourth-order valence-corrected chi connectivity index (χ4v) is 4.37. The van der Waals surface area contributed by atoms with E-state index in [0.29, 0.717) is 11.8 Å². The Balaban J connectivity index is 2.49. The number of benzene rings is 1. The van der Waals surface area contributed by atoms with E-state index in [1.165, 1.54) is 0 Å². The summed E-state index contributed by atoms with van der Waals surface area (Å²) in [5.74, 6) is 0.264. The largest absolute Gasteiger partial charge is 0.481 e. The molecule has 1 aromatic carbocycles. The third-order valence-electron chi connectivity index (χ3n) is 4.73. The maximum absolute atomic E-state index is 11.2. The zero-order valence-electron chi connectivity index (χ0n) is 18.7. The number of nitrogens with one attached hydrogen (secondary N) is 1. The van der Waals surface area contributed by atoms with Gasteiger partial charge >= 0.3 is 5.97 Å². The number of thiazole rings is 1. The molecule has 0 radical (unpaired) electrons. The van der Waals surface area contributed by atoms with Gasteiger partial charge in [-0.15, -0.1) is 11.3 Å². The van der Waals surface area contributed by atoms with Crippen LogP contribution < -0.4 is 10.2 Å². The second kappa shape index (κ2) is 10.1. The molecule has 0 saturated carbocycles. The maximum atomic E-state index is 11.2. The molecule has 0 fully saturated rings. The minimum atomic E-state index is -0.772. The van der Waals surface area contributed by atoms with Crippen LogP contribution in [-0.2, 0) is 4.79 Å².